The molecule has 0 bridgehead atoms. The normalized spacial score (nSPS) is 8.64. The van der Waals surface area contributed by atoms with Crippen LogP contribution in [0.3, 0.4) is 0 Å². The number of nitriles is 1. The molecule has 0 saturated carbocycles. The van der Waals surface area contributed by atoms with Crippen LogP contribution in [0.1, 0.15) is 5.69 Å². The maximum atomic E-state index is 8.58. The van der Waals surface area contributed by atoms with Crippen LogP contribution in [0.15, 0.2) is 36.4 Å². The highest BCUT2D eigenvalue weighted by Crippen LogP contribution is 2.10. The molecule has 1 aromatic heterocycles. The van der Waals surface area contributed by atoms with Gasteiger partial charge in [0.2, 0.25) is 0 Å². The smallest absolute Gasteiger partial charge is 0.141 e. The van der Waals surface area contributed by atoms with Crippen LogP contribution in [0.25, 0.3) is 10.9 Å². The number of hydrazine groups is 1. The SMILES string of the molecule is N#Cc1ccc2ccccc2n1.NN. The Morgan fingerprint density at radius 3 is 2.50 bits per heavy atom. The van der Waals surface area contributed by atoms with E-state index in [1.165, 1.54) is 0 Å². The Morgan fingerprint density at radius 1 is 1.07 bits per heavy atom. The third-order valence-electron chi connectivity index (χ3n) is 1.71. The van der Waals surface area contributed by atoms with E-state index in [1.807, 2.05) is 36.4 Å². The molecule has 0 radical (unpaired) electrons. The van der Waals surface area contributed by atoms with E-state index >= 15 is 0 Å². The summed E-state index contributed by atoms with van der Waals surface area (Å²) in [5.74, 6) is 8.00. The van der Waals surface area contributed by atoms with Gasteiger partial charge in [-0.05, 0) is 18.2 Å². The predicted octanol–water partition coefficient (Wildman–Crippen LogP) is 0.925. The van der Waals surface area contributed by atoms with Gasteiger partial charge in [0.1, 0.15) is 11.8 Å². The number of nitrogens with zero attached hydrogens (tertiary/aromatic N) is 2. The quantitative estimate of drug-likeness (QED) is 0.473. The van der Waals surface area contributed by atoms with Gasteiger partial charge in [0.15, 0.2) is 0 Å². The van der Waals surface area contributed by atoms with E-state index in [0.717, 1.165) is 10.9 Å². The van der Waals surface area contributed by atoms with E-state index in [4.69, 9.17) is 5.26 Å². The molecule has 2 rings (SSSR count). The fraction of sp³-hybridized carbons (Fsp3) is 0. The van der Waals surface area contributed by atoms with Crippen molar-refractivity contribution < 1.29 is 0 Å². The highest BCUT2D eigenvalue weighted by atomic mass is 15.0. The fourth-order valence-electron chi connectivity index (χ4n) is 1.13. The van der Waals surface area contributed by atoms with Crippen LogP contribution in [0.5, 0.6) is 0 Å². The van der Waals surface area contributed by atoms with Crippen molar-refractivity contribution in [3.8, 4) is 6.07 Å². The zero-order valence-electron chi connectivity index (χ0n) is 7.51. The van der Waals surface area contributed by atoms with Crippen LogP contribution < -0.4 is 11.7 Å². The first-order chi connectivity index (χ1) is 6.90. The van der Waals surface area contributed by atoms with Crippen LogP contribution in [0, 0.1) is 11.3 Å². The molecule has 4 nitrogen and oxygen atoms in total. The molecule has 0 saturated heterocycles. The molecule has 0 atom stereocenters. The van der Waals surface area contributed by atoms with Gasteiger partial charge in [0.05, 0.1) is 5.52 Å². The minimum atomic E-state index is 0.466. The van der Waals surface area contributed by atoms with Crippen LogP contribution in [0.4, 0.5) is 0 Å². The summed E-state index contributed by atoms with van der Waals surface area (Å²) in [6, 6.07) is 13.4. The third-order valence-corrected chi connectivity index (χ3v) is 1.71. The van der Waals surface area contributed by atoms with Crippen molar-refractivity contribution in [3.05, 3.63) is 42.1 Å². The van der Waals surface area contributed by atoms with Crippen molar-refractivity contribution in [3.63, 3.8) is 0 Å². The van der Waals surface area contributed by atoms with E-state index in [2.05, 4.69) is 16.7 Å². The molecule has 0 unspecified atom stereocenters. The molecule has 0 aliphatic rings. The maximum Gasteiger partial charge on any atom is 0.141 e. The second-order valence-electron chi connectivity index (χ2n) is 2.50. The highest BCUT2D eigenvalue weighted by molar-refractivity contribution is 5.78. The Hall–Kier alpha value is -1.96. The van der Waals surface area contributed by atoms with Crippen LogP contribution in [-0.4, -0.2) is 4.98 Å². The summed E-state index contributed by atoms with van der Waals surface area (Å²) in [6.45, 7) is 0. The van der Waals surface area contributed by atoms with Gasteiger partial charge in [-0.3, -0.25) is 11.7 Å². The van der Waals surface area contributed by atoms with Gasteiger partial charge in [-0.1, -0.05) is 18.2 Å². The first-order valence-electron chi connectivity index (χ1n) is 3.99. The molecule has 70 valence electrons. The van der Waals surface area contributed by atoms with Gasteiger partial charge in [0, 0.05) is 5.39 Å². The van der Waals surface area contributed by atoms with E-state index in [-0.39, 0.29) is 0 Å². The number of pyridine rings is 1. The van der Waals surface area contributed by atoms with Crippen LogP contribution >= 0.6 is 0 Å². The third kappa shape index (κ3) is 2.04. The Kier molecular flexibility index (Phi) is 3.56. The number of hydrogen-bond acceptors (Lipinski definition) is 4. The molecule has 1 aromatic carbocycles. The Bertz CT molecular complexity index is 459. The van der Waals surface area contributed by atoms with Gasteiger partial charge in [-0.25, -0.2) is 4.98 Å². The topological polar surface area (TPSA) is 88.7 Å². The van der Waals surface area contributed by atoms with Crippen molar-refractivity contribution in [1.29, 1.82) is 5.26 Å². The van der Waals surface area contributed by atoms with Crippen molar-refractivity contribution >= 4 is 10.9 Å². The van der Waals surface area contributed by atoms with Crippen molar-refractivity contribution in [2.75, 3.05) is 0 Å². The Morgan fingerprint density at radius 2 is 1.79 bits per heavy atom. The molecule has 1 heterocycles. The molecular formula is C10H10N4. The number of fused-ring (bicyclic) bond motifs is 1. The molecule has 0 spiro atoms. The first-order valence-corrected chi connectivity index (χ1v) is 3.99. The molecule has 0 aliphatic heterocycles. The lowest BCUT2D eigenvalue weighted by Gasteiger charge is -1.94. The van der Waals surface area contributed by atoms with E-state index in [0.29, 0.717) is 5.69 Å². The summed E-state index contributed by atoms with van der Waals surface area (Å²) in [7, 11) is 0. The van der Waals surface area contributed by atoms with E-state index < -0.39 is 0 Å². The zero-order chi connectivity index (χ0) is 10.4. The number of nitrogens with two attached hydrogens (primary N) is 2. The average Bonchev–Trinajstić information content (AvgIpc) is 2.31. The average molecular weight is 186 g/mol. The van der Waals surface area contributed by atoms with Gasteiger partial charge >= 0.3 is 0 Å². The largest absolute Gasteiger partial charge is 0.274 e. The van der Waals surface area contributed by atoms with Crippen molar-refractivity contribution in [2.24, 2.45) is 11.7 Å². The number of para-hydroxylation sites is 1. The molecule has 14 heavy (non-hydrogen) atoms. The maximum absolute atomic E-state index is 8.58. The molecule has 4 N–H and O–H groups in total. The number of aromatic nitrogens is 1. The number of hydrogen-bond donors (Lipinski definition) is 2. The first kappa shape index (κ1) is 10.1. The van der Waals surface area contributed by atoms with Crippen molar-refractivity contribution in [2.45, 2.75) is 0 Å². The highest BCUT2D eigenvalue weighted by Gasteiger charge is 1.94. The van der Waals surface area contributed by atoms with Crippen LogP contribution in [0.2, 0.25) is 0 Å². The minimum absolute atomic E-state index is 0.466. The fourth-order valence-corrected chi connectivity index (χ4v) is 1.13. The lowest BCUT2D eigenvalue weighted by atomic mass is 10.2. The van der Waals surface area contributed by atoms with Gasteiger partial charge in [-0.15, -0.1) is 0 Å². The number of benzene rings is 1. The Labute approximate surface area is 81.7 Å². The predicted molar refractivity (Wildman–Crippen MR) is 54.8 cm³/mol. The molecule has 0 fully saturated rings. The zero-order valence-corrected chi connectivity index (χ0v) is 7.51. The summed E-state index contributed by atoms with van der Waals surface area (Å²) in [5, 5.41) is 9.65. The molecule has 4 heteroatoms. The monoisotopic (exact) mass is 186 g/mol. The summed E-state index contributed by atoms with van der Waals surface area (Å²) < 4.78 is 0. The van der Waals surface area contributed by atoms with Gasteiger partial charge in [0.25, 0.3) is 0 Å². The molecule has 0 aliphatic carbocycles. The summed E-state index contributed by atoms with van der Waals surface area (Å²) >= 11 is 0. The second kappa shape index (κ2) is 4.92. The van der Waals surface area contributed by atoms with Crippen LogP contribution in [-0.2, 0) is 0 Å². The van der Waals surface area contributed by atoms with E-state index in [1.54, 1.807) is 6.07 Å². The van der Waals surface area contributed by atoms with Gasteiger partial charge < -0.3 is 0 Å². The van der Waals surface area contributed by atoms with E-state index in [9.17, 15) is 0 Å². The van der Waals surface area contributed by atoms with Crippen molar-refractivity contribution in [1.82, 2.24) is 4.98 Å². The molecule has 0 amide bonds. The summed E-state index contributed by atoms with van der Waals surface area (Å²) in [5.41, 5.74) is 1.34. The summed E-state index contributed by atoms with van der Waals surface area (Å²) in [6.07, 6.45) is 0. The second-order valence-corrected chi connectivity index (χ2v) is 2.50. The Balaban J connectivity index is 0.000000461. The summed E-state index contributed by atoms with van der Waals surface area (Å²) in [4.78, 5) is 4.13. The molecule has 2 aromatic rings. The standard InChI is InChI=1S/C10H6N2.H4N2/c11-7-9-6-5-8-3-1-2-4-10(8)12-9;1-2/h1-6H;1-2H2. The van der Waals surface area contributed by atoms with Gasteiger partial charge in [-0.2, -0.15) is 5.26 Å². The lowest BCUT2D eigenvalue weighted by molar-refractivity contribution is 1.26. The number of rotatable bonds is 0. The molecular weight excluding hydrogens is 176 g/mol. The lowest BCUT2D eigenvalue weighted by Crippen LogP contribution is -2.02. The minimum Gasteiger partial charge on any atom is -0.274 e.